The first kappa shape index (κ1) is 33.2. The molecule has 2 saturated carbocycles. The number of hydrogen-bond acceptors (Lipinski definition) is 15. The summed E-state index contributed by atoms with van der Waals surface area (Å²) in [7, 11) is 0. The van der Waals surface area contributed by atoms with Crippen molar-refractivity contribution in [3.8, 4) is 0 Å². The average molecular weight is 649 g/mol. The molecule has 1 aliphatic heterocycles. The van der Waals surface area contributed by atoms with Crippen molar-refractivity contribution in [2.24, 2.45) is 11.3 Å². The molecule has 3 heterocycles. The molecule has 2 N–H and O–H groups in total. The van der Waals surface area contributed by atoms with Crippen molar-refractivity contribution in [1.29, 1.82) is 0 Å². The Labute approximate surface area is 263 Å². The second-order valence-corrected chi connectivity index (χ2v) is 12.6. The van der Waals surface area contributed by atoms with Gasteiger partial charge in [0.1, 0.15) is 42.4 Å². The van der Waals surface area contributed by atoms with E-state index in [2.05, 4.69) is 0 Å². The van der Waals surface area contributed by atoms with Crippen LogP contribution in [0, 0.1) is 11.3 Å². The number of ether oxygens (including phenoxy) is 6. The van der Waals surface area contributed by atoms with Crippen molar-refractivity contribution < 1.29 is 71.4 Å². The summed E-state index contributed by atoms with van der Waals surface area (Å²) in [4.78, 5) is 64.8. The number of carbonyl (C=O) groups excluding carboxylic acids is 5. The second kappa shape index (κ2) is 11.5. The zero-order valence-electron chi connectivity index (χ0n) is 26.0. The van der Waals surface area contributed by atoms with Gasteiger partial charge in [0.2, 0.25) is 0 Å². The van der Waals surface area contributed by atoms with Crippen molar-refractivity contribution in [3.05, 3.63) is 48.3 Å². The molecular weight excluding hydrogens is 612 g/mol. The van der Waals surface area contributed by atoms with Crippen LogP contribution in [0.4, 0.5) is 0 Å². The van der Waals surface area contributed by atoms with E-state index in [1.807, 2.05) is 0 Å². The molecule has 3 fully saturated rings. The molecule has 46 heavy (non-hydrogen) atoms. The molecular formula is C31H36O15. The Bertz CT molecular complexity index is 1490. The lowest BCUT2D eigenvalue weighted by molar-refractivity contribution is -0.362. The third-order valence-electron chi connectivity index (χ3n) is 9.19. The number of esters is 5. The summed E-state index contributed by atoms with van der Waals surface area (Å²) >= 11 is 0. The second-order valence-electron chi connectivity index (χ2n) is 12.6. The van der Waals surface area contributed by atoms with Crippen LogP contribution >= 0.6 is 0 Å². The van der Waals surface area contributed by atoms with E-state index in [1.54, 1.807) is 13.8 Å². The molecule has 2 aromatic rings. The predicted molar refractivity (Wildman–Crippen MR) is 149 cm³/mol. The maximum Gasteiger partial charge on any atom is 0.341 e. The predicted octanol–water partition coefficient (Wildman–Crippen LogP) is 1.73. The van der Waals surface area contributed by atoms with Gasteiger partial charge in [-0.15, -0.1) is 0 Å². The Morgan fingerprint density at radius 3 is 1.89 bits per heavy atom. The minimum Gasteiger partial charge on any atom is -0.472 e. The van der Waals surface area contributed by atoms with Gasteiger partial charge in [0.25, 0.3) is 0 Å². The largest absolute Gasteiger partial charge is 0.472 e. The van der Waals surface area contributed by atoms with Crippen LogP contribution in [0.15, 0.2) is 46.0 Å². The molecule has 5 rings (SSSR count). The molecule has 0 amide bonds. The van der Waals surface area contributed by atoms with Crippen LogP contribution < -0.4 is 0 Å². The lowest BCUT2D eigenvalue weighted by atomic mass is 9.45. The van der Waals surface area contributed by atoms with Crippen LogP contribution in [-0.4, -0.2) is 94.0 Å². The standard InChI is InChI=1S/C31H36O15/c1-15(32)41-14-30-24(43-17(3)34)20(42-16(2)33)11-29(6,38)31(30)23(35)21(28(4,5)46-31)22(44-26(36)18-7-9-39-12-18)25(30)45-27(37)19-8-10-40-13-19/h7-10,12-13,20-25,35,38H,11,14H2,1-6H3/t20-,21+,22+,23?,24-,25-,29-,30-,31-/m0/s1. The third kappa shape index (κ3) is 5.06. The van der Waals surface area contributed by atoms with E-state index in [-0.39, 0.29) is 11.1 Å². The fraction of sp³-hybridized carbons (Fsp3) is 0.581. The summed E-state index contributed by atoms with van der Waals surface area (Å²) in [6, 6.07) is 2.63. The molecule has 2 aromatic heterocycles. The molecule has 0 radical (unpaired) electrons. The highest BCUT2D eigenvalue weighted by Gasteiger charge is 2.88. The minimum absolute atomic E-state index is 0.0260. The van der Waals surface area contributed by atoms with Gasteiger partial charge in [-0.05, 0) is 32.9 Å². The number of rotatable bonds is 8. The van der Waals surface area contributed by atoms with Crippen LogP contribution in [0.2, 0.25) is 0 Å². The molecule has 0 aromatic carbocycles. The van der Waals surface area contributed by atoms with E-state index in [0.717, 1.165) is 33.3 Å². The lowest BCUT2D eigenvalue weighted by Gasteiger charge is -2.66. The quantitative estimate of drug-likeness (QED) is 0.309. The molecule has 250 valence electrons. The van der Waals surface area contributed by atoms with Crippen LogP contribution in [0.3, 0.4) is 0 Å². The van der Waals surface area contributed by atoms with E-state index < -0.39 is 102 Å². The normalized spacial score (nSPS) is 35.7. The summed E-state index contributed by atoms with van der Waals surface area (Å²) in [5.41, 5.74) is -8.26. The molecule has 3 aliphatic rings. The summed E-state index contributed by atoms with van der Waals surface area (Å²) in [5.74, 6) is -5.73. The van der Waals surface area contributed by atoms with Gasteiger partial charge in [-0.3, -0.25) is 14.4 Å². The SMILES string of the molecule is CC(=O)OC[C@]12[C@@H](OC(=O)c3ccoc3)[C@H](OC(=O)c3ccoc3)[C@@H]3C(O)[C@]1(OC3(C)C)[C@@](C)(O)C[C@H](OC(C)=O)[C@@H]2OC(C)=O. The Balaban J connectivity index is 1.84. The summed E-state index contributed by atoms with van der Waals surface area (Å²) < 4.78 is 45.8. The van der Waals surface area contributed by atoms with E-state index >= 15 is 0 Å². The zero-order chi connectivity index (χ0) is 33.8. The van der Waals surface area contributed by atoms with Gasteiger partial charge in [0.15, 0.2) is 12.2 Å². The van der Waals surface area contributed by atoms with Gasteiger partial charge in [0, 0.05) is 27.2 Å². The van der Waals surface area contributed by atoms with Gasteiger partial charge in [-0.25, -0.2) is 9.59 Å². The number of hydrogen-bond donors (Lipinski definition) is 2. The molecule has 1 spiro atoms. The number of carbonyl (C=O) groups is 5. The van der Waals surface area contributed by atoms with Crippen LogP contribution in [0.25, 0.3) is 0 Å². The average Bonchev–Trinajstić information content (AvgIpc) is 3.69. The topological polar surface area (TPSA) is 207 Å². The zero-order valence-corrected chi connectivity index (χ0v) is 26.0. The highest BCUT2D eigenvalue weighted by atomic mass is 16.6. The Morgan fingerprint density at radius 1 is 0.826 bits per heavy atom. The molecule has 15 heteroatoms. The van der Waals surface area contributed by atoms with Crippen molar-refractivity contribution in [1.82, 2.24) is 0 Å². The number of aliphatic hydroxyl groups is 2. The molecule has 1 saturated heterocycles. The molecule has 2 aliphatic carbocycles. The maximum atomic E-state index is 13.7. The summed E-state index contributed by atoms with van der Waals surface area (Å²) in [5, 5.41) is 24.7. The lowest BCUT2D eigenvalue weighted by Crippen LogP contribution is -2.85. The van der Waals surface area contributed by atoms with E-state index in [9.17, 15) is 34.2 Å². The first-order chi connectivity index (χ1) is 21.5. The summed E-state index contributed by atoms with van der Waals surface area (Å²) in [6.45, 7) is 6.85. The van der Waals surface area contributed by atoms with Gasteiger partial charge < -0.3 is 47.5 Å². The Kier molecular flexibility index (Phi) is 8.32. The molecule has 15 nitrogen and oxygen atoms in total. The molecule has 2 bridgehead atoms. The first-order valence-corrected chi connectivity index (χ1v) is 14.5. The Morgan fingerprint density at radius 2 is 1.39 bits per heavy atom. The highest BCUT2D eigenvalue weighted by molar-refractivity contribution is 5.90. The van der Waals surface area contributed by atoms with E-state index in [1.165, 1.54) is 31.6 Å². The van der Waals surface area contributed by atoms with Crippen LogP contribution in [0.5, 0.6) is 0 Å². The number of furan rings is 2. The van der Waals surface area contributed by atoms with Crippen molar-refractivity contribution in [2.75, 3.05) is 6.61 Å². The fourth-order valence-corrected chi connectivity index (χ4v) is 7.71. The van der Waals surface area contributed by atoms with Crippen LogP contribution in [0.1, 0.15) is 68.7 Å². The molecule has 9 atom stereocenters. The fourth-order valence-electron chi connectivity index (χ4n) is 7.71. The first-order valence-electron chi connectivity index (χ1n) is 14.5. The van der Waals surface area contributed by atoms with Gasteiger partial charge in [0.05, 0.1) is 46.9 Å². The van der Waals surface area contributed by atoms with Gasteiger partial charge in [-0.2, -0.15) is 0 Å². The van der Waals surface area contributed by atoms with Gasteiger partial charge in [-0.1, -0.05) is 0 Å². The molecule has 1 unspecified atom stereocenters. The summed E-state index contributed by atoms with van der Waals surface area (Å²) in [6.07, 6.45) is -4.10. The van der Waals surface area contributed by atoms with Crippen molar-refractivity contribution in [3.63, 3.8) is 0 Å². The van der Waals surface area contributed by atoms with Gasteiger partial charge >= 0.3 is 29.8 Å². The van der Waals surface area contributed by atoms with Crippen LogP contribution in [-0.2, 0) is 42.8 Å². The Hall–Kier alpha value is -4.21. The smallest absolute Gasteiger partial charge is 0.341 e. The monoisotopic (exact) mass is 648 g/mol. The van der Waals surface area contributed by atoms with Crippen molar-refractivity contribution >= 4 is 29.8 Å². The number of aliphatic hydroxyl groups excluding tert-OH is 1. The third-order valence-corrected chi connectivity index (χ3v) is 9.19. The van der Waals surface area contributed by atoms with Crippen molar-refractivity contribution in [2.45, 2.75) is 95.3 Å². The maximum absolute atomic E-state index is 13.7. The number of fused-ring (bicyclic) bond motifs is 1. The highest BCUT2D eigenvalue weighted by Crippen LogP contribution is 2.69. The minimum atomic E-state index is -2.30. The van der Waals surface area contributed by atoms with E-state index in [4.69, 9.17) is 37.3 Å². The van der Waals surface area contributed by atoms with E-state index in [0.29, 0.717) is 0 Å².